The number of carbonyl (C=O) groups excluding carboxylic acids is 3. The molecule has 0 aliphatic heterocycles. The molecule has 0 aliphatic carbocycles. The van der Waals surface area contributed by atoms with E-state index in [1.807, 2.05) is 0 Å². The van der Waals surface area contributed by atoms with E-state index in [2.05, 4.69) is 10.6 Å². The van der Waals surface area contributed by atoms with Crippen molar-refractivity contribution in [3.05, 3.63) is 52.5 Å². The lowest BCUT2D eigenvalue weighted by Gasteiger charge is -2.13. The van der Waals surface area contributed by atoms with Crippen molar-refractivity contribution in [2.24, 2.45) is 0 Å². The Bertz CT molecular complexity index is 865. The van der Waals surface area contributed by atoms with Crippen LogP contribution >= 0.6 is 11.6 Å². The molecule has 0 bridgehead atoms. The first kappa shape index (κ1) is 20.3. The number of anilines is 2. The molecule has 0 unspecified atom stereocenters. The van der Waals surface area contributed by atoms with Crippen molar-refractivity contribution in [2.45, 2.75) is 13.8 Å². The second-order valence-electron chi connectivity index (χ2n) is 5.47. The molecule has 27 heavy (non-hydrogen) atoms. The standard InChI is InChI=1S/C19H19ClN2O5/c1-4-27-19(25)12-5-7-13(8-6-12)22-18(24)14-9-15(20)16(21-11(2)23)10-17(14)26-3/h5-10H,4H2,1-3H3,(H,21,23)(H,22,24). The molecule has 0 aliphatic rings. The first-order valence-corrected chi connectivity index (χ1v) is 8.47. The first-order chi connectivity index (χ1) is 12.8. The van der Waals surface area contributed by atoms with E-state index in [1.165, 1.54) is 26.2 Å². The number of methoxy groups -OCH3 is 1. The average Bonchev–Trinajstić information content (AvgIpc) is 2.63. The molecule has 142 valence electrons. The van der Waals surface area contributed by atoms with Crippen LogP contribution in [-0.4, -0.2) is 31.5 Å². The molecule has 0 spiro atoms. The number of hydrogen-bond acceptors (Lipinski definition) is 5. The van der Waals surface area contributed by atoms with E-state index in [9.17, 15) is 14.4 Å². The van der Waals surface area contributed by atoms with E-state index >= 15 is 0 Å². The zero-order valence-electron chi connectivity index (χ0n) is 15.1. The van der Waals surface area contributed by atoms with Gasteiger partial charge in [0.2, 0.25) is 5.91 Å². The molecule has 2 amide bonds. The monoisotopic (exact) mass is 390 g/mol. The molecule has 0 saturated heterocycles. The highest BCUT2D eigenvalue weighted by molar-refractivity contribution is 6.34. The van der Waals surface area contributed by atoms with Gasteiger partial charge in [-0.2, -0.15) is 0 Å². The van der Waals surface area contributed by atoms with Gasteiger partial charge in [-0.1, -0.05) is 11.6 Å². The van der Waals surface area contributed by atoms with Crippen molar-refractivity contribution >= 4 is 40.8 Å². The van der Waals surface area contributed by atoms with Gasteiger partial charge in [-0.3, -0.25) is 9.59 Å². The molecule has 0 saturated carbocycles. The van der Waals surface area contributed by atoms with Crippen LogP contribution in [0.4, 0.5) is 11.4 Å². The molecular weight excluding hydrogens is 372 g/mol. The SMILES string of the molecule is CCOC(=O)c1ccc(NC(=O)c2cc(Cl)c(NC(C)=O)cc2OC)cc1. The second kappa shape index (κ2) is 9.05. The van der Waals surface area contributed by atoms with Crippen LogP contribution < -0.4 is 15.4 Å². The number of amides is 2. The summed E-state index contributed by atoms with van der Waals surface area (Å²) in [6.07, 6.45) is 0. The summed E-state index contributed by atoms with van der Waals surface area (Å²) in [7, 11) is 1.41. The molecule has 7 nitrogen and oxygen atoms in total. The molecule has 2 aromatic rings. The Balaban J connectivity index is 2.21. The second-order valence-corrected chi connectivity index (χ2v) is 5.87. The maximum atomic E-state index is 12.6. The molecular formula is C19H19ClN2O5. The Labute approximate surface area is 161 Å². The van der Waals surface area contributed by atoms with Gasteiger partial charge in [0.1, 0.15) is 5.75 Å². The maximum absolute atomic E-state index is 12.6. The lowest BCUT2D eigenvalue weighted by Crippen LogP contribution is -2.14. The zero-order chi connectivity index (χ0) is 20.0. The number of benzene rings is 2. The lowest BCUT2D eigenvalue weighted by molar-refractivity contribution is -0.114. The van der Waals surface area contributed by atoms with Gasteiger partial charge in [0.25, 0.3) is 5.91 Å². The van der Waals surface area contributed by atoms with Gasteiger partial charge in [0.05, 0.1) is 35.6 Å². The van der Waals surface area contributed by atoms with Crippen LogP contribution in [0, 0.1) is 0 Å². The number of nitrogens with one attached hydrogen (secondary N) is 2. The highest BCUT2D eigenvalue weighted by atomic mass is 35.5. The summed E-state index contributed by atoms with van der Waals surface area (Å²) in [5.74, 6) is -0.925. The molecule has 8 heteroatoms. The van der Waals surface area contributed by atoms with Gasteiger partial charge in [0, 0.05) is 18.7 Å². The fourth-order valence-corrected chi connectivity index (χ4v) is 2.50. The number of esters is 1. The Hall–Kier alpha value is -3.06. The van der Waals surface area contributed by atoms with Crippen LogP contribution in [0.3, 0.4) is 0 Å². The van der Waals surface area contributed by atoms with Crippen LogP contribution in [0.1, 0.15) is 34.6 Å². The minimum atomic E-state index is -0.452. The Morgan fingerprint density at radius 3 is 2.30 bits per heavy atom. The van der Waals surface area contributed by atoms with Crippen LogP contribution in [0.5, 0.6) is 5.75 Å². The van der Waals surface area contributed by atoms with Crippen molar-refractivity contribution in [2.75, 3.05) is 24.4 Å². The third-order valence-corrected chi connectivity index (χ3v) is 3.81. The topological polar surface area (TPSA) is 93.7 Å². The number of halogens is 1. The number of ether oxygens (including phenoxy) is 2. The Kier molecular flexibility index (Phi) is 6.79. The molecule has 2 rings (SSSR count). The highest BCUT2D eigenvalue weighted by Crippen LogP contribution is 2.31. The van der Waals surface area contributed by atoms with Gasteiger partial charge in [0.15, 0.2) is 0 Å². The molecule has 0 aromatic heterocycles. The van der Waals surface area contributed by atoms with Gasteiger partial charge in [-0.15, -0.1) is 0 Å². The van der Waals surface area contributed by atoms with Crippen molar-refractivity contribution < 1.29 is 23.9 Å². The summed E-state index contributed by atoms with van der Waals surface area (Å²) in [6, 6.07) is 9.17. The van der Waals surface area contributed by atoms with Crippen LogP contribution in [0.2, 0.25) is 5.02 Å². The molecule has 2 aromatic carbocycles. The minimum Gasteiger partial charge on any atom is -0.496 e. The van der Waals surface area contributed by atoms with E-state index in [1.54, 1.807) is 31.2 Å². The average molecular weight is 391 g/mol. The largest absolute Gasteiger partial charge is 0.496 e. The summed E-state index contributed by atoms with van der Waals surface area (Å²) < 4.78 is 10.1. The van der Waals surface area contributed by atoms with Crippen LogP contribution in [0.25, 0.3) is 0 Å². The van der Waals surface area contributed by atoms with Crippen LogP contribution in [0.15, 0.2) is 36.4 Å². The van der Waals surface area contributed by atoms with Gasteiger partial charge >= 0.3 is 5.97 Å². The van der Waals surface area contributed by atoms with Crippen molar-refractivity contribution in [3.8, 4) is 5.75 Å². The van der Waals surface area contributed by atoms with E-state index in [-0.39, 0.29) is 28.8 Å². The summed E-state index contributed by atoms with van der Waals surface area (Å²) in [5, 5.41) is 5.47. The van der Waals surface area contributed by atoms with Crippen LogP contribution in [-0.2, 0) is 9.53 Å². The van der Waals surface area contributed by atoms with E-state index in [4.69, 9.17) is 21.1 Å². The Morgan fingerprint density at radius 1 is 1.07 bits per heavy atom. The lowest BCUT2D eigenvalue weighted by atomic mass is 10.1. The predicted molar refractivity (Wildman–Crippen MR) is 103 cm³/mol. The quantitative estimate of drug-likeness (QED) is 0.733. The van der Waals surface area contributed by atoms with Crippen molar-refractivity contribution in [3.63, 3.8) is 0 Å². The van der Waals surface area contributed by atoms with Crippen molar-refractivity contribution in [1.82, 2.24) is 0 Å². The smallest absolute Gasteiger partial charge is 0.338 e. The van der Waals surface area contributed by atoms with E-state index in [0.29, 0.717) is 16.9 Å². The van der Waals surface area contributed by atoms with E-state index in [0.717, 1.165) is 0 Å². The fourth-order valence-electron chi connectivity index (χ4n) is 2.29. The normalized spacial score (nSPS) is 10.1. The van der Waals surface area contributed by atoms with Gasteiger partial charge < -0.3 is 20.1 Å². The summed E-state index contributed by atoms with van der Waals surface area (Å²) in [6.45, 7) is 3.36. The Morgan fingerprint density at radius 2 is 1.74 bits per heavy atom. The third kappa shape index (κ3) is 5.21. The maximum Gasteiger partial charge on any atom is 0.338 e. The molecule has 2 N–H and O–H groups in total. The minimum absolute atomic E-state index is 0.200. The third-order valence-electron chi connectivity index (χ3n) is 3.50. The predicted octanol–water partition coefficient (Wildman–Crippen LogP) is 3.74. The highest BCUT2D eigenvalue weighted by Gasteiger charge is 2.17. The van der Waals surface area contributed by atoms with Gasteiger partial charge in [-0.25, -0.2) is 4.79 Å². The van der Waals surface area contributed by atoms with Gasteiger partial charge in [-0.05, 0) is 37.3 Å². The molecule has 0 heterocycles. The zero-order valence-corrected chi connectivity index (χ0v) is 15.8. The fraction of sp³-hybridized carbons (Fsp3) is 0.211. The molecule has 0 radical (unpaired) electrons. The summed E-state index contributed by atoms with van der Waals surface area (Å²) in [5.41, 5.74) is 1.41. The van der Waals surface area contributed by atoms with Crippen molar-refractivity contribution in [1.29, 1.82) is 0 Å². The molecule has 0 fully saturated rings. The molecule has 0 atom stereocenters. The summed E-state index contributed by atoms with van der Waals surface area (Å²) >= 11 is 6.13. The number of carbonyl (C=O) groups is 3. The number of rotatable bonds is 6. The first-order valence-electron chi connectivity index (χ1n) is 8.09. The number of hydrogen-bond donors (Lipinski definition) is 2. The summed E-state index contributed by atoms with van der Waals surface area (Å²) in [4.78, 5) is 35.4. The van der Waals surface area contributed by atoms with E-state index < -0.39 is 11.9 Å².